The van der Waals surface area contributed by atoms with Crippen molar-refractivity contribution in [3.63, 3.8) is 0 Å². The van der Waals surface area contributed by atoms with Crippen LogP contribution in [0.2, 0.25) is 0 Å². The highest BCUT2D eigenvalue weighted by Crippen LogP contribution is 2.34. The van der Waals surface area contributed by atoms with E-state index in [0.29, 0.717) is 11.6 Å². The van der Waals surface area contributed by atoms with Gasteiger partial charge in [-0.15, -0.1) is 0 Å². The molecule has 0 aliphatic carbocycles. The Morgan fingerprint density at radius 2 is 2.18 bits per heavy atom. The lowest BCUT2D eigenvalue weighted by molar-refractivity contribution is -0.137. The quantitative estimate of drug-likeness (QED) is 0.835. The number of hydrogen-bond acceptors (Lipinski definition) is 2. The summed E-state index contributed by atoms with van der Waals surface area (Å²) < 4.78 is 37.6. The molecule has 0 bridgehead atoms. The van der Waals surface area contributed by atoms with Crippen molar-refractivity contribution in [1.29, 1.82) is 0 Å². The number of benzene rings is 1. The molecule has 1 aromatic carbocycles. The number of halogens is 3. The van der Waals surface area contributed by atoms with E-state index in [2.05, 4.69) is 10.6 Å². The highest BCUT2D eigenvalue weighted by molar-refractivity contribution is 5.55. The van der Waals surface area contributed by atoms with Crippen LogP contribution in [0, 0.1) is 5.92 Å². The third kappa shape index (κ3) is 2.72. The van der Waals surface area contributed by atoms with Gasteiger partial charge in [0.2, 0.25) is 0 Å². The monoisotopic (exact) mass is 244 g/mol. The zero-order valence-electron chi connectivity index (χ0n) is 9.56. The standard InChI is InChI=1S/C12H15F3N2/c1-16-6-8-4-9-2-3-10(12(13,14)15)5-11(9)17-7-8/h2-3,5,8,16-17H,4,6-7H2,1H3. The minimum absolute atomic E-state index is 0.434. The molecule has 94 valence electrons. The van der Waals surface area contributed by atoms with E-state index in [9.17, 15) is 13.2 Å². The SMILES string of the molecule is CNCC1CNc2cc(C(F)(F)F)ccc2C1. The number of fused-ring (bicyclic) bond motifs is 1. The van der Waals surface area contributed by atoms with Crippen LogP contribution in [0.1, 0.15) is 11.1 Å². The molecule has 1 aromatic rings. The van der Waals surface area contributed by atoms with Gasteiger partial charge in [0.25, 0.3) is 0 Å². The molecule has 0 saturated heterocycles. The van der Waals surface area contributed by atoms with Gasteiger partial charge in [0.1, 0.15) is 0 Å². The van der Waals surface area contributed by atoms with Crippen LogP contribution in [-0.4, -0.2) is 20.1 Å². The number of alkyl halides is 3. The van der Waals surface area contributed by atoms with Crippen molar-refractivity contribution in [1.82, 2.24) is 5.32 Å². The third-order valence-electron chi connectivity index (χ3n) is 3.02. The lowest BCUT2D eigenvalue weighted by Gasteiger charge is -2.26. The fourth-order valence-electron chi connectivity index (χ4n) is 2.17. The van der Waals surface area contributed by atoms with Crippen molar-refractivity contribution < 1.29 is 13.2 Å². The summed E-state index contributed by atoms with van der Waals surface area (Å²) in [6.07, 6.45) is -3.44. The molecule has 0 amide bonds. The minimum Gasteiger partial charge on any atom is -0.384 e. The maximum atomic E-state index is 12.5. The summed E-state index contributed by atoms with van der Waals surface area (Å²) in [5.41, 5.74) is 0.993. The van der Waals surface area contributed by atoms with Crippen molar-refractivity contribution in [2.45, 2.75) is 12.6 Å². The van der Waals surface area contributed by atoms with Crippen LogP contribution in [0.4, 0.5) is 18.9 Å². The van der Waals surface area contributed by atoms with Gasteiger partial charge in [-0.3, -0.25) is 0 Å². The molecule has 0 radical (unpaired) electrons. The normalized spacial score (nSPS) is 19.6. The average Bonchev–Trinajstić information content (AvgIpc) is 2.27. The molecule has 1 atom stereocenters. The maximum absolute atomic E-state index is 12.5. The summed E-state index contributed by atoms with van der Waals surface area (Å²) in [7, 11) is 1.88. The van der Waals surface area contributed by atoms with Crippen LogP contribution in [0.15, 0.2) is 18.2 Å². The molecule has 0 fully saturated rings. The molecular formula is C12H15F3N2. The lowest BCUT2D eigenvalue weighted by Crippen LogP contribution is -2.31. The highest BCUT2D eigenvalue weighted by atomic mass is 19.4. The van der Waals surface area contributed by atoms with E-state index in [1.54, 1.807) is 6.07 Å². The second-order valence-corrected chi connectivity index (χ2v) is 4.38. The van der Waals surface area contributed by atoms with Gasteiger partial charge < -0.3 is 10.6 Å². The molecule has 2 N–H and O–H groups in total. The fourth-order valence-corrected chi connectivity index (χ4v) is 2.17. The van der Waals surface area contributed by atoms with Crippen LogP contribution < -0.4 is 10.6 Å². The molecule has 0 aromatic heterocycles. The van der Waals surface area contributed by atoms with Crippen LogP contribution in [0.3, 0.4) is 0 Å². The summed E-state index contributed by atoms with van der Waals surface area (Å²) in [5, 5.41) is 6.15. The van der Waals surface area contributed by atoms with Crippen LogP contribution in [0.5, 0.6) is 0 Å². The van der Waals surface area contributed by atoms with Crippen LogP contribution in [0.25, 0.3) is 0 Å². The van der Waals surface area contributed by atoms with Crippen LogP contribution >= 0.6 is 0 Å². The van der Waals surface area contributed by atoms with Gasteiger partial charge in [0.15, 0.2) is 0 Å². The van der Waals surface area contributed by atoms with Gasteiger partial charge in [-0.25, -0.2) is 0 Å². The van der Waals surface area contributed by atoms with Crippen molar-refractivity contribution in [2.75, 3.05) is 25.5 Å². The van der Waals surface area contributed by atoms with Crippen molar-refractivity contribution in [3.8, 4) is 0 Å². The Morgan fingerprint density at radius 3 is 2.82 bits per heavy atom. The fraction of sp³-hybridized carbons (Fsp3) is 0.500. The Kier molecular flexibility index (Phi) is 3.28. The van der Waals surface area contributed by atoms with E-state index >= 15 is 0 Å². The van der Waals surface area contributed by atoms with Crippen molar-refractivity contribution in [2.24, 2.45) is 5.92 Å². The Bertz CT molecular complexity index is 401. The Labute approximate surface area is 98.2 Å². The zero-order chi connectivity index (χ0) is 12.5. The first-order valence-corrected chi connectivity index (χ1v) is 5.59. The van der Waals surface area contributed by atoms with Crippen molar-refractivity contribution in [3.05, 3.63) is 29.3 Å². The number of nitrogens with one attached hydrogen (secondary N) is 2. The summed E-state index contributed by atoms with van der Waals surface area (Å²) in [6, 6.07) is 3.93. The Morgan fingerprint density at radius 1 is 1.41 bits per heavy atom. The van der Waals surface area contributed by atoms with Gasteiger partial charge in [0.05, 0.1) is 5.56 Å². The Hall–Kier alpha value is -1.23. The molecular weight excluding hydrogens is 229 g/mol. The van der Waals surface area contributed by atoms with E-state index in [0.717, 1.165) is 31.1 Å². The first-order valence-electron chi connectivity index (χ1n) is 5.59. The third-order valence-corrected chi connectivity index (χ3v) is 3.02. The van der Waals surface area contributed by atoms with Gasteiger partial charge >= 0.3 is 6.18 Å². The van der Waals surface area contributed by atoms with Gasteiger partial charge in [0, 0.05) is 12.2 Å². The summed E-state index contributed by atoms with van der Waals surface area (Å²) in [5.74, 6) is 0.434. The molecule has 1 aliphatic rings. The second-order valence-electron chi connectivity index (χ2n) is 4.38. The molecule has 2 nitrogen and oxygen atoms in total. The van der Waals surface area contributed by atoms with E-state index in [4.69, 9.17) is 0 Å². The average molecular weight is 244 g/mol. The Balaban J connectivity index is 2.20. The molecule has 5 heteroatoms. The number of anilines is 1. The molecule has 0 spiro atoms. The van der Waals surface area contributed by atoms with Gasteiger partial charge in [-0.1, -0.05) is 6.07 Å². The molecule has 17 heavy (non-hydrogen) atoms. The van der Waals surface area contributed by atoms with E-state index < -0.39 is 11.7 Å². The predicted octanol–water partition coefficient (Wildman–Crippen LogP) is 2.51. The molecule has 1 aliphatic heterocycles. The first kappa shape index (κ1) is 12.2. The number of rotatable bonds is 2. The minimum atomic E-state index is -4.27. The van der Waals surface area contributed by atoms with Gasteiger partial charge in [-0.05, 0) is 43.6 Å². The summed E-state index contributed by atoms with van der Waals surface area (Å²) >= 11 is 0. The summed E-state index contributed by atoms with van der Waals surface area (Å²) in [6.45, 7) is 1.59. The van der Waals surface area contributed by atoms with E-state index in [-0.39, 0.29) is 0 Å². The second kappa shape index (κ2) is 4.56. The lowest BCUT2D eigenvalue weighted by atomic mass is 9.93. The first-order chi connectivity index (χ1) is 8.00. The largest absolute Gasteiger partial charge is 0.416 e. The smallest absolute Gasteiger partial charge is 0.384 e. The highest BCUT2D eigenvalue weighted by Gasteiger charge is 2.31. The maximum Gasteiger partial charge on any atom is 0.416 e. The zero-order valence-corrected chi connectivity index (χ0v) is 9.56. The van der Waals surface area contributed by atoms with E-state index in [1.807, 2.05) is 7.05 Å². The topological polar surface area (TPSA) is 24.1 Å². The van der Waals surface area contributed by atoms with Gasteiger partial charge in [-0.2, -0.15) is 13.2 Å². The van der Waals surface area contributed by atoms with Crippen molar-refractivity contribution >= 4 is 5.69 Å². The van der Waals surface area contributed by atoms with E-state index in [1.165, 1.54) is 6.07 Å². The van der Waals surface area contributed by atoms with Crippen LogP contribution in [-0.2, 0) is 12.6 Å². The molecule has 1 heterocycles. The predicted molar refractivity (Wildman–Crippen MR) is 61.1 cm³/mol. The molecule has 0 saturated carbocycles. The summed E-state index contributed by atoms with van der Waals surface area (Å²) in [4.78, 5) is 0. The molecule has 1 unspecified atom stereocenters. The molecule has 2 rings (SSSR count). The number of hydrogen-bond donors (Lipinski definition) is 2.